The third kappa shape index (κ3) is 2.07. The molecule has 0 fully saturated rings. The zero-order valence-electron chi connectivity index (χ0n) is 10.5. The zero-order chi connectivity index (χ0) is 13.9. The maximum Gasteiger partial charge on any atom is 0.343 e. The first-order valence-electron chi connectivity index (χ1n) is 6.11. The number of hydrogen-bond donors (Lipinski definition) is 0. The zero-order valence-corrected chi connectivity index (χ0v) is 10.5. The molecule has 0 saturated carbocycles. The van der Waals surface area contributed by atoms with E-state index in [4.69, 9.17) is 4.74 Å². The van der Waals surface area contributed by atoms with Crippen LogP contribution in [0.5, 0.6) is 5.75 Å². The number of carbonyl (C=O) groups is 2. The molecule has 4 nitrogen and oxygen atoms in total. The molecule has 0 spiro atoms. The van der Waals surface area contributed by atoms with E-state index in [9.17, 15) is 9.59 Å². The molecular weight excluding hydrogens is 254 g/mol. The fraction of sp³-hybridized carbons (Fsp3) is 0. The van der Waals surface area contributed by atoms with Crippen molar-refractivity contribution in [1.29, 1.82) is 0 Å². The van der Waals surface area contributed by atoms with Gasteiger partial charge in [0.2, 0.25) is 6.41 Å². The topological polar surface area (TPSA) is 48.3 Å². The average Bonchev–Trinajstić information content (AvgIpc) is 2.92. The first-order chi connectivity index (χ1) is 9.79. The standard InChI is InChI=1S/C16H11NO3/c18-11-17-10-9-13-14(17)7-4-8-15(13)20-16(19)12-5-2-1-3-6-12/h1-11H. The molecule has 98 valence electrons. The predicted molar refractivity (Wildman–Crippen MR) is 75.5 cm³/mol. The first kappa shape index (κ1) is 12.2. The molecule has 0 amide bonds. The molecule has 0 atom stereocenters. The van der Waals surface area contributed by atoms with E-state index in [1.807, 2.05) is 6.07 Å². The summed E-state index contributed by atoms with van der Waals surface area (Å²) in [4.78, 5) is 22.9. The summed E-state index contributed by atoms with van der Waals surface area (Å²) in [6, 6.07) is 15.8. The lowest BCUT2D eigenvalue weighted by Gasteiger charge is -2.05. The summed E-state index contributed by atoms with van der Waals surface area (Å²) < 4.78 is 6.84. The van der Waals surface area contributed by atoms with Crippen LogP contribution in [-0.4, -0.2) is 16.9 Å². The SMILES string of the molecule is O=Cn1ccc2c(OC(=O)c3ccccc3)cccc21. The summed E-state index contributed by atoms with van der Waals surface area (Å²) in [6.45, 7) is 0. The molecule has 2 aromatic carbocycles. The number of benzene rings is 2. The molecule has 4 heteroatoms. The van der Waals surface area contributed by atoms with Crippen molar-refractivity contribution in [3.8, 4) is 5.75 Å². The van der Waals surface area contributed by atoms with Crippen molar-refractivity contribution in [2.45, 2.75) is 0 Å². The molecular formula is C16H11NO3. The minimum atomic E-state index is -0.419. The summed E-state index contributed by atoms with van der Waals surface area (Å²) in [7, 11) is 0. The molecule has 0 aliphatic heterocycles. The minimum absolute atomic E-state index is 0.419. The van der Waals surface area contributed by atoms with E-state index in [2.05, 4.69) is 0 Å². The van der Waals surface area contributed by atoms with Crippen LogP contribution < -0.4 is 4.74 Å². The Bertz CT molecular complexity index is 775. The van der Waals surface area contributed by atoms with Gasteiger partial charge in [0.25, 0.3) is 0 Å². The predicted octanol–water partition coefficient (Wildman–Crippen LogP) is 2.90. The lowest BCUT2D eigenvalue weighted by Crippen LogP contribution is -2.08. The normalized spacial score (nSPS) is 10.4. The average molecular weight is 265 g/mol. The molecule has 3 aromatic rings. The Hall–Kier alpha value is -2.88. The van der Waals surface area contributed by atoms with Crippen LogP contribution >= 0.6 is 0 Å². The second-order valence-corrected chi connectivity index (χ2v) is 4.27. The Morgan fingerprint density at radius 2 is 1.80 bits per heavy atom. The van der Waals surface area contributed by atoms with Gasteiger partial charge in [-0.25, -0.2) is 4.79 Å². The van der Waals surface area contributed by atoms with E-state index in [1.54, 1.807) is 54.7 Å². The fourth-order valence-electron chi connectivity index (χ4n) is 2.07. The maximum absolute atomic E-state index is 12.0. The van der Waals surface area contributed by atoms with Crippen LogP contribution in [0.25, 0.3) is 10.9 Å². The number of aromatic nitrogens is 1. The Morgan fingerprint density at radius 1 is 1.00 bits per heavy atom. The van der Waals surface area contributed by atoms with E-state index in [0.29, 0.717) is 23.2 Å². The minimum Gasteiger partial charge on any atom is -0.422 e. The number of fused-ring (bicyclic) bond motifs is 1. The molecule has 0 aliphatic rings. The van der Waals surface area contributed by atoms with E-state index in [0.717, 1.165) is 5.39 Å². The van der Waals surface area contributed by atoms with E-state index < -0.39 is 5.97 Å². The smallest absolute Gasteiger partial charge is 0.343 e. The summed E-state index contributed by atoms with van der Waals surface area (Å²) in [6.07, 6.45) is 2.35. The molecule has 3 rings (SSSR count). The van der Waals surface area contributed by atoms with Gasteiger partial charge in [-0.1, -0.05) is 24.3 Å². The van der Waals surface area contributed by atoms with Gasteiger partial charge in [0.1, 0.15) is 5.75 Å². The largest absolute Gasteiger partial charge is 0.422 e. The van der Waals surface area contributed by atoms with Gasteiger partial charge < -0.3 is 4.74 Å². The van der Waals surface area contributed by atoms with Gasteiger partial charge in [-0.05, 0) is 30.3 Å². The van der Waals surface area contributed by atoms with Crippen molar-refractivity contribution in [1.82, 2.24) is 4.57 Å². The lowest BCUT2D eigenvalue weighted by molar-refractivity contribution is 0.0737. The van der Waals surface area contributed by atoms with E-state index in [-0.39, 0.29) is 0 Å². The van der Waals surface area contributed by atoms with Crippen molar-refractivity contribution in [2.75, 3.05) is 0 Å². The van der Waals surface area contributed by atoms with Crippen molar-refractivity contribution in [2.24, 2.45) is 0 Å². The highest BCUT2D eigenvalue weighted by atomic mass is 16.5. The molecule has 0 saturated heterocycles. The summed E-state index contributed by atoms with van der Waals surface area (Å²) in [5.41, 5.74) is 1.19. The van der Waals surface area contributed by atoms with Crippen molar-refractivity contribution >= 4 is 23.3 Å². The molecule has 1 aromatic heterocycles. The van der Waals surface area contributed by atoms with E-state index in [1.165, 1.54) is 4.57 Å². The van der Waals surface area contributed by atoms with Crippen LogP contribution in [0.15, 0.2) is 60.8 Å². The molecule has 0 radical (unpaired) electrons. The molecule has 0 bridgehead atoms. The van der Waals surface area contributed by atoms with Crippen LogP contribution in [0.2, 0.25) is 0 Å². The van der Waals surface area contributed by atoms with Crippen molar-refractivity contribution < 1.29 is 14.3 Å². The van der Waals surface area contributed by atoms with Crippen molar-refractivity contribution in [3.63, 3.8) is 0 Å². The van der Waals surface area contributed by atoms with Crippen LogP contribution in [0.1, 0.15) is 10.4 Å². The number of ether oxygens (including phenoxy) is 1. The Morgan fingerprint density at radius 3 is 2.55 bits per heavy atom. The number of hydrogen-bond acceptors (Lipinski definition) is 3. The molecule has 0 N–H and O–H groups in total. The quantitative estimate of drug-likeness (QED) is 0.415. The Labute approximate surface area is 115 Å². The third-order valence-corrected chi connectivity index (χ3v) is 3.05. The van der Waals surface area contributed by atoms with Crippen LogP contribution in [0, 0.1) is 0 Å². The second-order valence-electron chi connectivity index (χ2n) is 4.27. The number of esters is 1. The lowest BCUT2D eigenvalue weighted by atomic mass is 10.2. The fourth-order valence-corrected chi connectivity index (χ4v) is 2.07. The summed E-state index contributed by atoms with van der Waals surface area (Å²) in [5, 5.41) is 0.726. The molecule has 0 aliphatic carbocycles. The maximum atomic E-state index is 12.0. The first-order valence-corrected chi connectivity index (χ1v) is 6.11. The summed E-state index contributed by atoms with van der Waals surface area (Å²) >= 11 is 0. The highest BCUT2D eigenvalue weighted by Crippen LogP contribution is 2.26. The molecule has 20 heavy (non-hydrogen) atoms. The van der Waals surface area contributed by atoms with Crippen LogP contribution in [-0.2, 0) is 4.79 Å². The number of nitrogens with zero attached hydrogens (tertiary/aromatic N) is 1. The number of rotatable bonds is 3. The van der Waals surface area contributed by atoms with Gasteiger partial charge in [-0.3, -0.25) is 9.36 Å². The van der Waals surface area contributed by atoms with Gasteiger partial charge >= 0.3 is 5.97 Å². The van der Waals surface area contributed by atoms with Gasteiger partial charge in [0, 0.05) is 11.6 Å². The number of carbonyl (C=O) groups excluding carboxylic acids is 2. The summed E-state index contributed by atoms with van der Waals surface area (Å²) in [5.74, 6) is 0.0221. The third-order valence-electron chi connectivity index (χ3n) is 3.05. The van der Waals surface area contributed by atoms with Crippen molar-refractivity contribution in [3.05, 3.63) is 66.4 Å². The van der Waals surface area contributed by atoms with Crippen LogP contribution in [0.4, 0.5) is 0 Å². The van der Waals surface area contributed by atoms with Gasteiger partial charge in [0.15, 0.2) is 0 Å². The highest BCUT2D eigenvalue weighted by Gasteiger charge is 2.11. The monoisotopic (exact) mass is 265 g/mol. The Kier molecular flexibility index (Phi) is 3.05. The van der Waals surface area contributed by atoms with E-state index >= 15 is 0 Å². The van der Waals surface area contributed by atoms with Crippen LogP contribution in [0.3, 0.4) is 0 Å². The van der Waals surface area contributed by atoms with Gasteiger partial charge in [-0.15, -0.1) is 0 Å². The Balaban J connectivity index is 1.97. The van der Waals surface area contributed by atoms with Gasteiger partial charge in [-0.2, -0.15) is 0 Å². The molecule has 0 unspecified atom stereocenters. The van der Waals surface area contributed by atoms with Gasteiger partial charge in [0.05, 0.1) is 11.1 Å². The molecule has 1 heterocycles. The second kappa shape index (κ2) is 5.01. The highest BCUT2D eigenvalue weighted by molar-refractivity contribution is 5.96.